The zero-order valence-corrected chi connectivity index (χ0v) is 9.50. The lowest BCUT2D eigenvalue weighted by Crippen LogP contribution is -2.14. The summed E-state index contributed by atoms with van der Waals surface area (Å²) in [5.41, 5.74) is 0. The molecule has 0 amide bonds. The van der Waals surface area contributed by atoms with Crippen molar-refractivity contribution in [2.45, 2.75) is 17.9 Å². The van der Waals surface area contributed by atoms with E-state index in [-0.39, 0.29) is 0 Å². The molecule has 1 fully saturated rings. The second-order valence-corrected chi connectivity index (χ2v) is 6.04. The van der Waals surface area contributed by atoms with Gasteiger partial charge in [0.15, 0.2) is 9.84 Å². The molecule has 0 saturated carbocycles. The lowest BCUT2D eigenvalue weighted by atomic mass is 10.1. The van der Waals surface area contributed by atoms with E-state index in [1.165, 1.54) is 12.5 Å². The summed E-state index contributed by atoms with van der Waals surface area (Å²) in [6.45, 7) is 2.83. The van der Waals surface area contributed by atoms with Gasteiger partial charge in [0.1, 0.15) is 4.90 Å². The Morgan fingerprint density at radius 1 is 1.67 bits per heavy atom. The third kappa shape index (κ3) is 2.57. The number of hydrogen-bond donors (Lipinski definition) is 1. The van der Waals surface area contributed by atoms with E-state index in [9.17, 15) is 8.42 Å². The molecule has 0 aromatic carbocycles. The number of nitrogens with zero attached hydrogens (tertiary/aromatic N) is 2. The van der Waals surface area contributed by atoms with Crippen LogP contribution in [0.1, 0.15) is 6.42 Å². The van der Waals surface area contributed by atoms with Crippen LogP contribution >= 0.6 is 0 Å². The first-order valence-corrected chi connectivity index (χ1v) is 6.88. The van der Waals surface area contributed by atoms with Crippen molar-refractivity contribution in [3.63, 3.8) is 0 Å². The van der Waals surface area contributed by atoms with Gasteiger partial charge in [-0.05, 0) is 25.4 Å². The molecule has 1 aliphatic rings. The molecule has 0 spiro atoms. The first-order valence-electron chi connectivity index (χ1n) is 4.99. The number of aromatic nitrogens is 2. The van der Waals surface area contributed by atoms with Crippen molar-refractivity contribution in [3.8, 4) is 0 Å². The van der Waals surface area contributed by atoms with E-state index >= 15 is 0 Å². The summed E-state index contributed by atoms with van der Waals surface area (Å²) in [5, 5.41) is 7.33. The number of rotatable bonds is 3. The van der Waals surface area contributed by atoms with Crippen molar-refractivity contribution in [1.82, 2.24) is 15.1 Å². The topological polar surface area (TPSA) is 64.0 Å². The SMILES string of the molecule is CS(=O)(=O)c1cnn(CC2CCNC2)c1. The fraction of sp³-hybridized carbons (Fsp3) is 0.667. The number of sulfone groups is 1. The maximum absolute atomic E-state index is 11.2. The number of nitrogens with one attached hydrogen (secondary N) is 1. The molecule has 1 aliphatic heterocycles. The fourth-order valence-electron chi connectivity index (χ4n) is 1.77. The molecule has 1 unspecified atom stereocenters. The Morgan fingerprint density at radius 2 is 2.47 bits per heavy atom. The van der Waals surface area contributed by atoms with Crippen LogP contribution in [0, 0.1) is 5.92 Å². The molecule has 0 bridgehead atoms. The summed E-state index contributed by atoms with van der Waals surface area (Å²) in [5.74, 6) is 0.567. The van der Waals surface area contributed by atoms with Crippen molar-refractivity contribution < 1.29 is 8.42 Å². The summed E-state index contributed by atoms with van der Waals surface area (Å²) >= 11 is 0. The summed E-state index contributed by atoms with van der Waals surface area (Å²) in [6, 6.07) is 0. The minimum Gasteiger partial charge on any atom is -0.316 e. The largest absolute Gasteiger partial charge is 0.316 e. The lowest BCUT2D eigenvalue weighted by Gasteiger charge is -2.07. The van der Waals surface area contributed by atoms with Gasteiger partial charge in [-0.1, -0.05) is 0 Å². The standard InChI is InChI=1S/C9H15N3O2S/c1-15(13,14)9-5-11-12(7-9)6-8-2-3-10-4-8/h5,7-8,10H,2-4,6H2,1H3. The van der Waals surface area contributed by atoms with Crippen LogP contribution in [-0.4, -0.2) is 37.5 Å². The third-order valence-corrected chi connectivity index (χ3v) is 3.71. The van der Waals surface area contributed by atoms with Gasteiger partial charge in [0.25, 0.3) is 0 Å². The van der Waals surface area contributed by atoms with Crippen molar-refractivity contribution in [1.29, 1.82) is 0 Å². The van der Waals surface area contributed by atoms with Gasteiger partial charge in [-0.2, -0.15) is 5.10 Å². The van der Waals surface area contributed by atoms with Crippen molar-refractivity contribution in [2.75, 3.05) is 19.3 Å². The van der Waals surface area contributed by atoms with Crippen LogP contribution in [-0.2, 0) is 16.4 Å². The Kier molecular flexibility index (Phi) is 2.79. The van der Waals surface area contributed by atoms with Crippen molar-refractivity contribution >= 4 is 9.84 Å². The van der Waals surface area contributed by atoms with Crippen LogP contribution in [0.3, 0.4) is 0 Å². The van der Waals surface area contributed by atoms with Gasteiger partial charge >= 0.3 is 0 Å². The molecule has 1 saturated heterocycles. The molecule has 0 aliphatic carbocycles. The molecule has 15 heavy (non-hydrogen) atoms. The van der Waals surface area contributed by atoms with Crippen LogP contribution in [0.4, 0.5) is 0 Å². The highest BCUT2D eigenvalue weighted by Gasteiger charge is 2.16. The highest BCUT2D eigenvalue weighted by Crippen LogP contribution is 2.12. The van der Waals surface area contributed by atoms with E-state index in [0.717, 1.165) is 26.1 Å². The van der Waals surface area contributed by atoms with Gasteiger partial charge in [-0.25, -0.2) is 8.42 Å². The van der Waals surface area contributed by atoms with Crippen LogP contribution in [0.15, 0.2) is 17.3 Å². The molecular weight excluding hydrogens is 214 g/mol. The molecule has 1 atom stereocenters. The average Bonchev–Trinajstić information content (AvgIpc) is 2.73. The van der Waals surface area contributed by atoms with Crippen molar-refractivity contribution in [3.05, 3.63) is 12.4 Å². The Labute approximate surface area is 89.4 Å². The van der Waals surface area contributed by atoms with Gasteiger partial charge in [0.05, 0.1) is 6.20 Å². The van der Waals surface area contributed by atoms with Crippen LogP contribution < -0.4 is 5.32 Å². The maximum Gasteiger partial charge on any atom is 0.178 e. The normalized spacial score (nSPS) is 22.1. The third-order valence-electron chi connectivity index (χ3n) is 2.65. The molecular formula is C9H15N3O2S. The van der Waals surface area contributed by atoms with Gasteiger partial charge in [0, 0.05) is 19.0 Å². The van der Waals surface area contributed by atoms with Gasteiger partial charge in [0.2, 0.25) is 0 Å². The minimum atomic E-state index is -3.11. The summed E-state index contributed by atoms with van der Waals surface area (Å²) in [7, 11) is -3.11. The molecule has 1 aromatic rings. The first kappa shape index (κ1) is 10.6. The predicted molar refractivity (Wildman–Crippen MR) is 56.3 cm³/mol. The highest BCUT2D eigenvalue weighted by molar-refractivity contribution is 7.90. The summed E-state index contributed by atoms with van der Waals surface area (Å²) < 4.78 is 24.2. The second kappa shape index (κ2) is 3.94. The van der Waals surface area contributed by atoms with Gasteiger partial charge in [-0.15, -0.1) is 0 Å². The van der Waals surface area contributed by atoms with Gasteiger partial charge in [-0.3, -0.25) is 4.68 Å². The van der Waals surface area contributed by atoms with Crippen LogP contribution in [0.25, 0.3) is 0 Å². The summed E-state index contributed by atoms with van der Waals surface area (Å²) in [4.78, 5) is 0.299. The van der Waals surface area contributed by atoms with E-state index in [1.807, 2.05) is 0 Å². The quantitative estimate of drug-likeness (QED) is 0.786. The molecule has 84 valence electrons. The van der Waals surface area contributed by atoms with Crippen LogP contribution in [0.5, 0.6) is 0 Å². The molecule has 2 heterocycles. The molecule has 2 rings (SSSR count). The molecule has 1 aromatic heterocycles. The zero-order valence-electron chi connectivity index (χ0n) is 8.68. The first-order chi connectivity index (χ1) is 7.05. The summed E-state index contributed by atoms with van der Waals surface area (Å²) in [6.07, 6.45) is 5.35. The zero-order chi connectivity index (χ0) is 10.9. The molecule has 6 heteroatoms. The predicted octanol–water partition coefficient (Wildman–Crippen LogP) is -0.104. The van der Waals surface area contributed by atoms with E-state index in [0.29, 0.717) is 10.8 Å². The Hall–Kier alpha value is -0.880. The Bertz CT molecular complexity index is 432. The molecule has 1 N–H and O–H groups in total. The van der Waals surface area contributed by atoms with E-state index < -0.39 is 9.84 Å². The van der Waals surface area contributed by atoms with E-state index in [4.69, 9.17) is 0 Å². The molecule has 5 nitrogen and oxygen atoms in total. The van der Waals surface area contributed by atoms with E-state index in [1.54, 1.807) is 10.9 Å². The Morgan fingerprint density at radius 3 is 3.00 bits per heavy atom. The van der Waals surface area contributed by atoms with E-state index in [2.05, 4.69) is 10.4 Å². The maximum atomic E-state index is 11.2. The monoisotopic (exact) mass is 229 g/mol. The van der Waals surface area contributed by atoms with Crippen LogP contribution in [0.2, 0.25) is 0 Å². The minimum absolute atomic E-state index is 0.299. The number of hydrogen-bond acceptors (Lipinski definition) is 4. The Balaban J connectivity index is 2.07. The fourth-order valence-corrected chi connectivity index (χ4v) is 2.32. The lowest BCUT2D eigenvalue weighted by molar-refractivity contribution is 0.449. The smallest absolute Gasteiger partial charge is 0.178 e. The molecule has 0 radical (unpaired) electrons. The second-order valence-electron chi connectivity index (χ2n) is 4.03. The van der Waals surface area contributed by atoms with Gasteiger partial charge < -0.3 is 5.32 Å². The van der Waals surface area contributed by atoms with Crippen molar-refractivity contribution in [2.24, 2.45) is 5.92 Å². The average molecular weight is 229 g/mol. The highest BCUT2D eigenvalue weighted by atomic mass is 32.2.